The molecule has 2 amide bonds. The van der Waals surface area contributed by atoms with Gasteiger partial charge >= 0.3 is 0 Å². The van der Waals surface area contributed by atoms with Crippen molar-refractivity contribution in [1.82, 2.24) is 5.32 Å². The predicted molar refractivity (Wildman–Crippen MR) is 150 cm³/mol. The molecular formula is C30H34ClN3O3. The van der Waals surface area contributed by atoms with Crippen molar-refractivity contribution in [2.24, 2.45) is 0 Å². The summed E-state index contributed by atoms with van der Waals surface area (Å²) in [7, 11) is 0. The van der Waals surface area contributed by atoms with Gasteiger partial charge in [0.05, 0.1) is 23.7 Å². The van der Waals surface area contributed by atoms with Crippen LogP contribution in [0.5, 0.6) is 5.75 Å². The molecule has 0 atom stereocenters. The van der Waals surface area contributed by atoms with Gasteiger partial charge in [-0.05, 0) is 61.6 Å². The fraction of sp³-hybridized carbons (Fsp3) is 0.333. The van der Waals surface area contributed by atoms with Crippen molar-refractivity contribution >= 4 is 34.8 Å². The molecule has 194 valence electrons. The second-order valence-electron chi connectivity index (χ2n) is 9.37. The van der Waals surface area contributed by atoms with Crippen LogP contribution < -0.4 is 20.7 Å². The maximum atomic E-state index is 12.7. The topological polar surface area (TPSA) is 79.5 Å². The minimum atomic E-state index is -0.204. The molecule has 1 fully saturated rings. The number of nitrogens with one attached hydrogen (secondary N) is 3. The molecule has 3 aromatic rings. The summed E-state index contributed by atoms with van der Waals surface area (Å²) >= 11 is 6.29. The highest BCUT2D eigenvalue weighted by Gasteiger charge is 2.18. The number of hydrogen-bond acceptors (Lipinski definition) is 4. The van der Waals surface area contributed by atoms with Crippen molar-refractivity contribution < 1.29 is 14.3 Å². The lowest BCUT2D eigenvalue weighted by Crippen LogP contribution is -2.36. The van der Waals surface area contributed by atoms with Crippen LogP contribution in [0.3, 0.4) is 0 Å². The zero-order chi connectivity index (χ0) is 25.9. The molecule has 0 saturated heterocycles. The van der Waals surface area contributed by atoms with E-state index in [1.54, 1.807) is 18.2 Å². The monoisotopic (exact) mass is 519 g/mol. The van der Waals surface area contributed by atoms with Gasteiger partial charge in [0.1, 0.15) is 5.75 Å². The number of halogens is 1. The summed E-state index contributed by atoms with van der Waals surface area (Å²) in [5.74, 6) is 0.333. The Bertz CT molecular complexity index is 1180. The largest absolute Gasteiger partial charge is 0.494 e. The Morgan fingerprint density at radius 2 is 1.70 bits per heavy atom. The highest BCUT2D eigenvalue weighted by molar-refractivity contribution is 6.34. The second kappa shape index (κ2) is 13.7. The Labute approximate surface area is 223 Å². The molecule has 0 unspecified atom stereocenters. The third kappa shape index (κ3) is 8.53. The Morgan fingerprint density at radius 1 is 0.892 bits per heavy atom. The van der Waals surface area contributed by atoms with Crippen LogP contribution in [0.15, 0.2) is 72.8 Å². The highest BCUT2D eigenvalue weighted by Crippen LogP contribution is 2.23. The van der Waals surface area contributed by atoms with Crippen LogP contribution in [0.25, 0.3) is 0 Å². The molecule has 37 heavy (non-hydrogen) atoms. The molecule has 0 spiro atoms. The number of anilines is 2. The Hall–Kier alpha value is -3.51. The van der Waals surface area contributed by atoms with Crippen molar-refractivity contribution in [2.75, 3.05) is 23.8 Å². The van der Waals surface area contributed by atoms with Crippen LogP contribution in [0.4, 0.5) is 11.4 Å². The standard InChI is InChI=1S/C30H34ClN3O3/c31-28-17-16-24(20-27(28)30(36)34-23-12-5-2-6-13-23)32-21-29(35)33-25-14-7-15-26(19-25)37-18-8-11-22-9-3-1-4-10-22/h1,3-4,7,9-10,14-17,19-20,23,32H,2,5-6,8,11-13,18,21H2,(H,33,35)(H,34,36). The van der Waals surface area contributed by atoms with Gasteiger partial charge in [0.25, 0.3) is 5.91 Å². The third-order valence-corrected chi connectivity index (χ3v) is 6.77. The van der Waals surface area contributed by atoms with Crippen LogP contribution in [0.1, 0.15) is 54.4 Å². The van der Waals surface area contributed by atoms with E-state index in [2.05, 4.69) is 28.1 Å². The molecule has 0 heterocycles. The molecule has 1 aliphatic rings. The number of carbonyl (C=O) groups excluding carboxylic acids is 2. The van der Waals surface area contributed by atoms with Crippen molar-refractivity contribution in [2.45, 2.75) is 51.0 Å². The third-order valence-electron chi connectivity index (χ3n) is 6.44. The molecule has 4 rings (SSSR count). The summed E-state index contributed by atoms with van der Waals surface area (Å²) in [5.41, 5.74) is 3.02. The summed E-state index contributed by atoms with van der Waals surface area (Å²) in [5, 5.41) is 9.45. The Morgan fingerprint density at radius 3 is 2.51 bits per heavy atom. The summed E-state index contributed by atoms with van der Waals surface area (Å²) in [4.78, 5) is 25.3. The first-order valence-electron chi connectivity index (χ1n) is 13.0. The number of aryl methyl sites for hydroxylation is 1. The maximum Gasteiger partial charge on any atom is 0.253 e. The fourth-order valence-corrected chi connectivity index (χ4v) is 4.68. The minimum Gasteiger partial charge on any atom is -0.494 e. The molecule has 0 bridgehead atoms. The Kier molecular flexibility index (Phi) is 9.83. The lowest BCUT2D eigenvalue weighted by molar-refractivity contribution is -0.114. The SMILES string of the molecule is O=C(CNc1ccc(Cl)c(C(=O)NC2CCCCC2)c1)Nc1cccc(OCCCc2ccccc2)c1. The van der Waals surface area contributed by atoms with Crippen molar-refractivity contribution in [3.63, 3.8) is 0 Å². The van der Waals surface area contributed by atoms with Crippen molar-refractivity contribution in [3.05, 3.63) is 88.9 Å². The number of benzene rings is 3. The molecule has 0 aromatic heterocycles. The lowest BCUT2D eigenvalue weighted by Gasteiger charge is -2.23. The van der Waals surface area contributed by atoms with E-state index in [-0.39, 0.29) is 24.4 Å². The number of rotatable bonds is 11. The molecule has 6 nitrogen and oxygen atoms in total. The number of hydrogen-bond donors (Lipinski definition) is 3. The van der Waals surface area contributed by atoms with E-state index >= 15 is 0 Å². The maximum absolute atomic E-state index is 12.7. The Balaban J connectivity index is 1.23. The van der Waals surface area contributed by atoms with E-state index in [9.17, 15) is 9.59 Å². The number of ether oxygens (including phenoxy) is 1. The van der Waals surface area contributed by atoms with Gasteiger partial charge < -0.3 is 20.7 Å². The summed E-state index contributed by atoms with van der Waals surface area (Å²) < 4.78 is 5.86. The van der Waals surface area contributed by atoms with Gasteiger partial charge in [0, 0.05) is 23.5 Å². The van der Waals surface area contributed by atoms with Gasteiger partial charge in [-0.2, -0.15) is 0 Å². The molecule has 3 aromatic carbocycles. The first kappa shape index (κ1) is 26.6. The molecular weight excluding hydrogens is 486 g/mol. The average Bonchev–Trinajstić information content (AvgIpc) is 2.92. The molecule has 1 saturated carbocycles. The van der Waals surface area contributed by atoms with Crippen LogP contribution >= 0.6 is 11.6 Å². The normalized spacial score (nSPS) is 13.5. The van der Waals surface area contributed by atoms with Crippen molar-refractivity contribution in [3.8, 4) is 5.75 Å². The van der Waals surface area contributed by atoms with E-state index in [0.717, 1.165) is 38.5 Å². The van der Waals surface area contributed by atoms with Crippen LogP contribution in [0, 0.1) is 0 Å². The van der Waals surface area contributed by atoms with Gasteiger partial charge in [0.15, 0.2) is 0 Å². The molecule has 7 heteroatoms. The number of amides is 2. The predicted octanol–water partition coefficient (Wildman–Crippen LogP) is 6.46. The van der Waals surface area contributed by atoms with Crippen LogP contribution in [0.2, 0.25) is 5.02 Å². The van der Waals surface area contributed by atoms with Gasteiger partial charge in [0.2, 0.25) is 5.91 Å². The van der Waals surface area contributed by atoms with Gasteiger partial charge in [-0.15, -0.1) is 0 Å². The minimum absolute atomic E-state index is 0.0491. The smallest absolute Gasteiger partial charge is 0.253 e. The second-order valence-corrected chi connectivity index (χ2v) is 9.78. The van der Waals surface area contributed by atoms with Crippen LogP contribution in [-0.2, 0) is 11.2 Å². The van der Waals surface area contributed by atoms with Gasteiger partial charge in [-0.3, -0.25) is 9.59 Å². The number of carbonyl (C=O) groups is 2. The van der Waals surface area contributed by atoms with E-state index in [0.29, 0.717) is 34.3 Å². The molecule has 0 aliphatic heterocycles. The first-order valence-corrected chi connectivity index (χ1v) is 13.4. The average molecular weight is 520 g/mol. The van der Waals surface area contributed by atoms with Gasteiger partial charge in [-0.25, -0.2) is 0 Å². The van der Waals surface area contributed by atoms with Crippen molar-refractivity contribution in [1.29, 1.82) is 0 Å². The van der Waals surface area contributed by atoms with Crippen LogP contribution in [-0.4, -0.2) is 31.0 Å². The quantitative estimate of drug-likeness (QED) is 0.254. The van der Waals surface area contributed by atoms with Gasteiger partial charge in [-0.1, -0.05) is 67.3 Å². The van der Waals surface area contributed by atoms with E-state index < -0.39 is 0 Å². The summed E-state index contributed by atoms with van der Waals surface area (Å²) in [6.45, 7) is 0.647. The van der Waals surface area contributed by atoms with E-state index in [1.807, 2.05) is 42.5 Å². The lowest BCUT2D eigenvalue weighted by atomic mass is 9.95. The summed E-state index contributed by atoms with van der Waals surface area (Å²) in [6, 6.07) is 23.0. The molecule has 3 N–H and O–H groups in total. The first-order chi connectivity index (χ1) is 18.1. The van der Waals surface area contributed by atoms with E-state index in [1.165, 1.54) is 12.0 Å². The molecule has 0 radical (unpaired) electrons. The fourth-order valence-electron chi connectivity index (χ4n) is 4.48. The van der Waals surface area contributed by atoms with E-state index in [4.69, 9.17) is 16.3 Å². The highest BCUT2D eigenvalue weighted by atomic mass is 35.5. The zero-order valence-corrected chi connectivity index (χ0v) is 21.7. The summed E-state index contributed by atoms with van der Waals surface area (Å²) in [6.07, 6.45) is 7.37. The molecule has 1 aliphatic carbocycles. The zero-order valence-electron chi connectivity index (χ0n) is 21.0.